The minimum atomic E-state index is -0.933. The van der Waals surface area contributed by atoms with Crippen molar-refractivity contribution >= 4 is 11.8 Å². The number of aliphatic hydroxyl groups excluding tert-OH is 1. The van der Waals surface area contributed by atoms with E-state index in [2.05, 4.69) is 10.6 Å². The first-order valence-electron chi connectivity index (χ1n) is 7.73. The van der Waals surface area contributed by atoms with Gasteiger partial charge in [0.25, 0.3) is 0 Å². The summed E-state index contributed by atoms with van der Waals surface area (Å²) in [5.74, 6) is -0.788. The second kappa shape index (κ2) is 6.25. The lowest BCUT2D eigenvalue weighted by molar-refractivity contribution is -0.149. The normalized spacial score (nSPS) is 28.5. The predicted octanol–water partition coefficient (Wildman–Crippen LogP) is -0.236. The second-order valence-corrected chi connectivity index (χ2v) is 6.14. The van der Waals surface area contributed by atoms with Crippen molar-refractivity contribution in [3.8, 4) is 0 Å². The highest BCUT2D eigenvalue weighted by Gasteiger charge is 2.47. The summed E-state index contributed by atoms with van der Waals surface area (Å²) in [5.41, 5.74) is 0.551. The Morgan fingerprint density at radius 3 is 2.87 bits per heavy atom. The van der Waals surface area contributed by atoms with Gasteiger partial charge in [0.2, 0.25) is 11.8 Å². The van der Waals surface area contributed by atoms with E-state index in [4.69, 9.17) is 0 Å². The van der Waals surface area contributed by atoms with Gasteiger partial charge in [-0.15, -0.1) is 0 Å². The summed E-state index contributed by atoms with van der Waals surface area (Å²) < 4.78 is 13.6. The van der Waals surface area contributed by atoms with Crippen LogP contribution < -0.4 is 10.6 Å². The molecule has 2 aliphatic heterocycles. The van der Waals surface area contributed by atoms with Gasteiger partial charge in [-0.05, 0) is 19.4 Å². The molecular weight excluding hydrogens is 301 g/mol. The van der Waals surface area contributed by atoms with Crippen LogP contribution in [0.15, 0.2) is 24.3 Å². The Bertz CT molecular complexity index is 622. The fourth-order valence-electron chi connectivity index (χ4n) is 3.19. The van der Waals surface area contributed by atoms with Crippen molar-refractivity contribution in [3.63, 3.8) is 0 Å². The van der Waals surface area contributed by atoms with Crippen molar-refractivity contribution in [1.82, 2.24) is 15.5 Å². The highest BCUT2D eigenvalue weighted by atomic mass is 19.1. The Balaban J connectivity index is 1.64. The van der Waals surface area contributed by atoms with Gasteiger partial charge in [0.05, 0.1) is 6.10 Å². The van der Waals surface area contributed by atoms with Gasteiger partial charge in [0, 0.05) is 24.7 Å². The molecule has 0 radical (unpaired) electrons. The summed E-state index contributed by atoms with van der Waals surface area (Å²) in [6.07, 6.45) is -0.448. The van der Waals surface area contributed by atoms with Gasteiger partial charge in [-0.1, -0.05) is 18.2 Å². The fraction of sp³-hybridized carbons (Fsp3) is 0.500. The summed E-state index contributed by atoms with van der Waals surface area (Å²) in [6, 6.07) is 5.02. The minimum absolute atomic E-state index is 0.0814. The lowest BCUT2D eigenvalue weighted by atomic mass is 10.0. The van der Waals surface area contributed by atoms with Gasteiger partial charge >= 0.3 is 0 Å². The van der Waals surface area contributed by atoms with Crippen LogP contribution in [-0.4, -0.2) is 52.6 Å². The number of carbonyl (C=O) groups excluding carboxylic acids is 2. The molecule has 0 bridgehead atoms. The summed E-state index contributed by atoms with van der Waals surface area (Å²) in [6.45, 7) is 2.20. The van der Waals surface area contributed by atoms with Crippen molar-refractivity contribution < 1.29 is 19.1 Å². The van der Waals surface area contributed by atoms with Crippen LogP contribution in [0.5, 0.6) is 0 Å². The van der Waals surface area contributed by atoms with Crippen molar-refractivity contribution in [3.05, 3.63) is 35.6 Å². The Kier molecular flexibility index (Phi) is 4.32. The number of nitrogens with zero attached hydrogens (tertiary/aromatic N) is 1. The molecule has 2 fully saturated rings. The molecule has 1 aromatic rings. The zero-order valence-electron chi connectivity index (χ0n) is 12.8. The van der Waals surface area contributed by atoms with E-state index >= 15 is 0 Å². The van der Waals surface area contributed by atoms with Crippen molar-refractivity contribution in [2.24, 2.45) is 0 Å². The number of carbonyl (C=O) groups is 2. The molecule has 124 valence electrons. The van der Waals surface area contributed by atoms with E-state index in [0.717, 1.165) is 0 Å². The first-order chi connectivity index (χ1) is 11.0. The first kappa shape index (κ1) is 15.9. The number of amides is 2. The lowest BCUT2D eigenvalue weighted by Crippen LogP contribution is -2.64. The van der Waals surface area contributed by atoms with Gasteiger partial charge in [0.1, 0.15) is 17.9 Å². The average molecular weight is 321 g/mol. The number of halogens is 1. The molecular formula is C16H20FN3O3. The van der Waals surface area contributed by atoms with E-state index in [1.807, 2.05) is 0 Å². The molecule has 3 rings (SSSR count). The maximum absolute atomic E-state index is 13.6. The Morgan fingerprint density at radius 2 is 2.17 bits per heavy atom. The number of rotatable bonds is 4. The van der Waals surface area contributed by atoms with E-state index < -0.39 is 18.2 Å². The zero-order valence-corrected chi connectivity index (χ0v) is 12.8. The van der Waals surface area contributed by atoms with E-state index in [1.165, 1.54) is 17.9 Å². The number of piperazine rings is 1. The van der Waals surface area contributed by atoms with Crippen LogP contribution in [0.2, 0.25) is 0 Å². The van der Waals surface area contributed by atoms with E-state index in [0.29, 0.717) is 25.1 Å². The molecule has 23 heavy (non-hydrogen) atoms. The number of hydrogen-bond donors (Lipinski definition) is 3. The molecule has 2 saturated heterocycles. The molecule has 2 aliphatic rings. The van der Waals surface area contributed by atoms with Gasteiger partial charge < -0.3 is 20.6 Å². The molecule has 1 aromatic carbocycles. The molecule has 0 aliphatic carbocycles. The predicted molar refractivity (Wildman–Crippen MR) is 80.8 cm³/mol. The second-order valence-electron chi connectivity index (χ2n) is 6.14. The third-order valence-corrected chi connectivity index (χ3v) is 4.47. The summed E-state index contributed by atoms with van der Waals surface area (Å²) in [7, 11) is 0. The van der Waals surface area contributed by atoms with Gasteiger partial charge in [-0.2, -0.15) is 0 Å². The Hall–Kier alpha value is -1.99. The molecule has 0 saturated carbocycles. The number of hydrogen-bond acceptors (Lipinski definition) is 4. The van der Waals surface area contributed by atoms with Crippen molar-refractivity contribution in [2.75, 3.05) is 6.54 Å². The largest absolute Gasteiger partial charge is 0.391 e. The number of nitrogens with one attached hydrogen (secondary N) is 2. The monoisotopic (exact) mass is 321 g/mol. The average Bonchev–Trinajstić information content (AvgIpc) is 2.95. The standard InChI is InChI=1S/C16H20FN3O3/c1-9(21)14-16(23)20-8-11(6-13(20)15(22)19-14)18-7-10-4-2-3-5-12(10)17/h2-5,9,11,13-14,18,21H,6-8H2,1H3,(H,19,22)/t9-,11+,13+,14+/m1/s1. The third kappa shape index (κ3) is 3.07. The van der Waals surface area contributed by atoms with Gasteiger partial charge in [-0.25, -0.2) is 4.39 Å². The van der Waals surface area contributed by atoms with Crippen LogP contribution in [0.1, 0.15) is 18.9 Å². The van der Waals surface area contributed by atoms with E-state index in [1.54, 1.807) is 18.2 Å². The zero-order chi connectivity index (χ0) is 16.6. The van der Waals surface area contributed by atoms with Crippen LogP contribution in [0.25, 0.3) is 0 Å². The molecule has 6 nitrogen and oxygen atoms in total. The maximum Gasteiger partial charge on any atom is 0.248 e. The SMILES string of the molecule is C[C@@H](O)[C@@H]1NC(=O)[C@@H]2C[C@H](NCc3ccccc3F)CN2C1=O. The maximum atomic E-state index is 13.6. The minimum Gasteiger partial charge on any atom is -0.391 e. The summed E-state index contributed by atoms with van der Waals surface area (Å²) in [5, 5.41) is 15.4. The summed E-state index contributed by atoms with van der Waals surface area (Å²) >= 11 is 0. The third-order valence-electron chi connectivity index (χ3n) is 4.47. The molecule has 0 unspecified atom stereocenters. The Morgan fingerprint density at radius 1 is 1.43 bits per heavy atom. The molecule has 0 aromatic heterocycles. The quantitative estimate of drug-likeness (QED) is 0.715. The number of fused-ring (bicyclic) bond motifs is 1. The smallest absolute Gasteiger partial charge is 0.248 e. The van der Waals surface area contributed by atoms with Crippen LogP contribution in [0.3, 0.4) is 0 Å². The molecule has 4 atom stereocenters. The fourth-order valence-corrected chi connectivity index (χ4v) is 3.19. The Labute approximate surface area is 133 Å². The lowest BCUT2D eigenvalue weighted by Gasteiger charge is -2.35. The van der Waals surface area contributed by atoms with E-state index in [9.17, 15) is 19.1 Å². The first-order valence-corrected chi connectivity index (χ1v) is 7.73. The van der Waals surface area contributed by atoms with E-state index in [-0.39, 0.29) is 23.7 Å². The van der Waals surface area contributed by atoms with Crippen LogP contribution in [-0.2, 0) is 16.1 Å². The van der Waals surface area contributed by atoms with Gasteiger partial charge in [-0.3, -0.25) is 9.59 Å². The molecule has 0 spiro atoms. The van der Waals surface area contributed by atoms with Crippen molar-refractivity contribution in [2.45, 2.75) is 44.1 Å². The van der Waals surface area contributed by atoms with Crippen LogP contribution in [0, 0.1) is 5.82 Å². The van der Waals surface area contributed by atoms with Crippen molar-refractivity contribution in [1.29, 1.82) is 0 Å². The topological polar surface area (TPSA) is 81.7 Å². The molecule has 2 heterocycles. The molecule has 7 heteroatoms. The molecule has 3 N–H and O–H groups in total. The molecule has 2 amide bonds. The number of aliphatic hydroxyl groups is 1. The van der Waals surface area contributed by atoms with Gasteiger partial charge in [0.15, 0.2) is 0 Å². The summed E-state index contributed by atoms with van der Waals surface area (Å²) in [4.78, 5) is 25.9. The highest BCUT2D eigenvalue weighted by molar-refractivity contribution is 5.97. The van der Waals surface area contributed by atoms with Crippen LogP contribution >= 0.6 is 0 Å². The number of benzene rings is 1. The van der Waals surface area contributed by atoms with Crippen LogP contribution in [0.4, 0.5) is 4.39 Å². The highest BCUT2D eigenvalue weighted by Crippen LogP contribution is 2.24.